The third-order valence-corrected chi connectivity index (χ3v) is 5.05. The van der Waals surface area contributed by atoms with Crippen molar-refractivity contribution in [2.75, 3.05) is 20.3 Å². The van der Waals surface area contributed by atoms with E-state index in [1.807, 2.05) is 0 Å². The number of H-pyrrole nitrogens is 1. The number of ether oxygens (including phenoxy) is 1. The molecule has 27 heavy (non-hydrogen) atoms. The number of rotatable bonds is 8. The van der Waals surface area contributed by atoms with Gasteiger partial charge in [-0.15, -0.1) is 0 Å². The van der Waals surface area contributed by atoms with Crippen molar-refractivity contribution in [1.82, 2.24) is 10.3 Å². The van der Waals surface area contributed by atoms with E-state index in [1.54, 1.807) is 7.11 Å². The summed E-state index contributed by atoms with van der Waals surface area (Å²) >= 11 is 0. The molecule has 0 spiro atoms. The number of hydrogen-bond acceptors (Lipinski definition) is 2. The molecule has 1 amide bonds. The molecule has 3 rings (SSSR count). The SMILES string of the molecule is CCc1cccc2c(C(CC(=O)NCCOC)c3cccc(C)c3)c[nH]c12. The van der Waals surface area contributed by atoms with Crippen LogP contribution in [-0.2, 0) is 16.0 Å². The fourth-order valence-electron chi connectivity index (χ4n) is 3.67. The molecule has 3 aromatic rings. The summed E-state index contributed by atoms with van der Waals surface area (Å²) in [5.74, 6) is 0.0489. The number of aromatic nitrogens is 1. The second-order valence-electron chi connectivity index (χ2n) is 6.95. The van der Waals surface area contributed by atoms with E-state index < -0.39 is 0 Å². The molecule has 4 nitrogen and oxygen atoms in total. The Labute approximate surface area is 160 Å². The molecule has 142 valence electrons. The summed E-state index contributed by atoms with van der Waals surface area (Å²) in [5, 5.41) is 4.16. The molecule has 0 radical (unpaired) electrons. The predicted octanol–water partition coefficient (Wildman–Crippen LogP) is 4.32. The number of carbonyl (C=O) groups is 1. The number of para-hydroxylation sites is 1. The Hall–Kier alpha value is -2.59. The van der Waals surface area contributed by atoms with Crippen LogP contribution in [0.2, 0.25) is 0 Å². The second-order valence-corrected chi connectivity index (χ2v) is 6.95. The van der Waals surface area contributed by atoms with Crippen molar-refractivity contribution < 1.29 is 9.53 Å². The predicted molar refractivity (Wildman–Crippen MR) is 110 cm³/mol. The molecule has 1 unspecified atom stereocenters. The lowest BCUT2D eigenvalue weighted by Gasteiger charge is -2.18. The van der Waals surface area contributed by atoms with Gasteiger partial charge in [-0.3, -0.25) is 4.79 Å². The van der Waals surface area contributed by atoms with Crippen LogP contribution in [0.15, 0.2) is 48.7 Å². The maximum atomic E-state index is 12.6. The standard InChI is InChI=1S/C23H28N2O2/c1-4-17-8-6-10-19-21(15-25-23(17)19)20(14-22(26)24-11-12-27-3)18-9-5-7-16(2)13-18/h5-10,13,15,20,25H,4,11-12,14H2,1-3H3,(H,24,26). The van der Waals surface area contributed by atoms with Crippen molar-refractivity contribution in [3.8, 4) is 0 Å². The number of carbonyl (C=O) groups excluding carboxylic acids is 1. The molecular formula is C23H28N2O2. The largest absolute Gasteiger partial charge is 0.383 e. The van der Waals surface area contributed by atoms with Crippen LogP contribution in [0.3, 0.4) is 0 Å². The zero-order valence-corrected chi connectivity index (χ0v) is 16.3. The Balaban J connectivity index is 1.98. The number of amides is 1. The summed E-state index contributed by atoms with van der Waals surface area (Å²) in [7, 11) is 1.64. The molecule has 0 aliphatic rings. The van der Waals surface area contributed by atoms with Crippen molar-refractivity contribution in [3.05, 3.63) is 70.9 Å². The molecule has 0 aliphatic carbocycles. The number of aryl methyl sites for hydroxylation is 2. The molecule has 2 aromatic carbocycles. The smallest absolute Gasteiger partial charge is 0.221 e. The molecule has 2 N–H and O–H groups in total. The first-order valence-electron chi connectivity index (χ1n) is 9.55. The zero-order valence-electron chi connectivity index (χ0n) is 16.3. The number of benzene rings is 2. The maximum Gasteiger partial charge on any atom is 0.221 e. The summed E-state index contributed by atoms with van der Waals surface area (Å²) in [6.07, 6.45) is 3.46. The van der Waals surface area contributed by atoms with E-state index in [4.69, 9.17) is 4.74 Å². The van der Waals surface area contributed by atoms with Gasteiger partial charge in [0.2, 0.25) is 5.91 Å². The van der Waals surface area contributed by atoms with Crippen molar-refractivity contribution in [2.24, 2.45) is 0 Å². The van der Waals surface area contributed by atoms with Gasteiger partial charge in [-0.1, -0.05) is 55.0 Å². The van der Waals surface area contributed by atoms with Crippen LogP contribution >= 0.6 is 0 Å². The van der Waals surface area contributed by atoms with Crippen LogP contribution in [0.1, 0.15) is 41.5 Å². The first-order chi connectivity index (χ1) is 13.1. The van der Waals surface area contributed by atoms with Gasteiger partial charge in [0.05, 0.1) is 6.61 Å². The van der Waals surface area contributed by atoms with Crippen molar-refractivity contribution in [2.45, 2.75) is 32.6 Å². The van der Waals surface area contributed by atoms with Crippen LogP contribution in [0.25, 0.3) is 10.9 Å². The average Bonchev–Trinajstić information content (AvgIpc) is 3.10. The fraction of sp³-hybridized carbons (Fsp3) is 0.348. The minimum absolute atomic E-state index is 0.00769. The average molecular weight is 364 g/mol. The Kier molecular flexibility index (Phi) is 6.30. The topological polar surface area (TPSA) is 54.1 Å². The van der Waals surface area contributed by atoms with Gasteiger partial charge in [-0.2, -0.15) is 0 Å². The van der Waals surface area contributed by atoms with E-state index in [9.17, 15) is 4.79 Å². The Morgan fingerprint density at radius 1 is 1.22 bits per heavy atom. The lowest BCUT2D eigenvalue weighted by molar-refractivity contribution is -0.121. The molecule has 0 aliphatic heterocycles. The Morgan fingerprint density at radius 3 is 2.78 bits per heavy atom. The van der Waals surface area contributed by atoms with Crippen molar-refractivity contribution in [3.63, 3.8) is 0 Å². The number of hydrogen-bond donors (Lipinski definition) is 2. The Morgan fingerprint density at radius 2 is 2.04 bits per heavy atom. The minimum atomic E-state index is 0.00769. The van der Waals surface area contributed by atoms with Crippen LogP contribution in [0.5, 0.6) is 0 Å². The first kappa shape index (κ1) is 19.2. The quantitative estimate of drug-likeness (QED) is 0.585. The van der Waals surface area contributed by atoms with Crippen LogP contribution in [0.4, 0.5) is 0 Å². The summed E-state index contributed by atoms with van der Waals surface area (Å²) in [6, 6.07) is 14.8. The molecule has 0 saturated heterocycles. The summed E-state index contributed by atoms with van der Waals surface area (Å²) in [5.41, 5.74) is 6.01. The van der Waals surface area contributed by atoms with Gasteiger partial charge >= 0.3 is 0 Å². The molecule has 0 saturated carbocycles. The Bertz CT molecular complexity index is 914. The molecule has 1 atom stereocenters. The molecule has 1 aromatic heterocycles. The molecular weight excluding hydrogens is 336 g/mol. The van der Waals surface area contributed by atoms with E-state index >= 15 is 0 Å². The van der Waals surface area contributed by atoms with Crippen molar-refractivity contribution in [1.29, 1.82) is 0 Å². The minimum Gasteiger partial charge on any atom is -0.383 e. The highest BCUT2D eigenvalue weighted by molar-refractivity contribution is 5.88. The second kappa shape index (κ2) is 8.87. The monoisotopic (exact) mass is 364 g/mol. The summed E-state index contributed by atoms with van der Waals surface area (Å²) < 4.78 is 5.03. The third kappa shape index (κ3) is 4.40. The highest BCUT2D eigenvalue weighted by atomic mass is 16.5. The highest BCUT2D eigenvalue weighted by Gasteiger charge is 2.22. The lowest BCUT2D eigenvalue weighted by Crippen LogP contribution is -2.28. The van der Waals surface area contributed by atoms with Gasteiger partial charge < -0.3 is 15.0 Å². The number of aromatic amines is 1. The molecule has 0 fully saturated rings. The zero-order chi connectivity index (χ0) is 19.2. The van der Waals surface area contributed by atoms with E-state index in [2.05, 4.69) is 72.8 Å². The van der Waals surface area contributed by atoms with Gasteiger partial charge in [0.1, 0.15) is 0 Å². The fourth-order valence-corrected chi connectivity index (χ4v) is 3.67. The van der Waals surface area contributed by atoms with E-state index in [0.29, 0.717) is 19.6 Å². The van der Waals surface area contributed by atoms with Gasteiger partial charge in [0.25, 0.3) is 0 Å². The van der Waals surface area contributed by atoms with Crippen LogP contribution < -0.4 is 5.32 Å². The van der Waals surface area contributed by atoms with E-state index in [0.717, 1.165) is 6.42 Å². The number of nitrogens with one attached hydrogen (secondary N) is 2. The van der Waals surface area contributed by atoms with Gasteiger partial charge in [-0.05, 0) is 30.0 Å². The number of fused-ring (bicyclic) bond motifs is 1. The normalized spacial score (nSPS) is 12.3. The third-order valence-electron chi connectivity index (χ3n) is 5.05. The summed E-state index contributed by atoms with van der Waals surface area (Å²) in [4.78, 5) is 16.0. The molecule has 4 heteroatoms. The molecule has 0 bridgehead atoms. The van der Waals surface area contributed by atoms with Crippen LogP contribution in [-0.4, -0.2) is 31.2 Å². The van der Waals surface area contributed by atoms with E-state index in [1.165, 1.54) is 33.2 Å². The summed E-state index contributed by atoms with van der Waals surface area (Å²) in [6.45, 7) is 5.30. The lowest BCUT2D eigenvalue weighted by atomic mass is 9.87. The van der Waals surface area contributed by atoms with Gasteiger partial charge in [0, 0.05) is 43.1 Å². The van der Waals surface area contributed by atoms with Gasteiger partial charge in [-0.25, -0.2) is 0 Å². The first-order valence-corrected chi connectivity index (χ1v) is 9.55. The van der Waals surface area contributed by atoms with Crippen LogP contribution in [0, 0.1) is 6.92 Å². The highest BCUT2D eigenvalue weighted by Crippen LogP contribution is 2.34. The number of methoxy groups -OCH3 is 1. The molecule has 1 heterocycles. The van der Waals surface area contributed by atoms with E-state index in [-0.39, 0.29) is 11.8 Å². The van der Waals surface area contributed by atoms with Gasteiger partial charge in [0.15, 0.2) is 0 Å². The van der Waals surface area contributed by atoms with Crippen molar-refractivity contribution >= 4 is 16.8 Å². The maximum absolute atomic E-state index is 12.6.